The summed E-state index contributed by atoms with van der Waals surface area (Å²) >= 11 is 0. The van der Waals surface area contributed by atoms with Gasteiger partial charge in [-0.25, -0.2) is 18.4 Å². The number of benzene rings is 1. The van der Waals surface area contributed by atoms with Crippen LogP contribution in [0.1, 0.15) is 0 Å². The molecule has 1 aromatic carbocycles. The number of carbonyl (C=O) groups is 2. The van der Waals surface area contributed by atoms with E-state index in [-0.39, 0.29) is 11.9 Å². The van der Waals surface area contributed by atoms with E-state index in [1.54, 1.807) is 0 Å². The Kier molecular flexibility index (Phi) is 6.39. The van der Waals surface area contributed by atoms with Crippen LogP contribution in [0.15, 0.2) is 24.3 Å². The predicted molar refractivity (Wildman–Crippen MR) is 68.0 cm³/mol. The number of ether oxygens (including phenoxy) is 1. The molecule has 1 aliphatic rings. The fraction of sp³-hybridized carbons (Fsp3) is 0.231. The fourth-order valence-electron chi connectivity index (χ4n) is 1.27. The van der Waals surface area contributed by atoms with Crippen molar-refractivity contribution in [2.45, 2.75) is 6.10 Å². The van der Waals surface area contributed by atoms with Crippen molar-refractivity contribution in [1.82, 2.24) is 5.32 Å². The molecule has 9 heteroatoms. The Morgan fingerprint density at radius 2 is 1.64 bits per heavy atom. The Morgan fingerprint density at radius 1 is 1.09 bits per heavy atom. The highest BCUT2D eigenvalue weighted by Crippen LogP contribution is 2.23. The summed E-state index contributed by atoms with van der Waals surface area (Å²) in [6, 6.07) is 1.94. The molecule has 3 N–H and O–H groups in total. The van der Waals surface area contributed by atoms with E-state index < -0.39 is 29.4 Å². The quantitative estimate of drug-likeness (QED) is 0.569. The number of rotatable bonds is 4. The van der Waals surface area contributed by atoms with Gasteiger partial charge >= 0.3 is 11.9 Å². The van der Waals surface area contributed by atoms with E-state index >= 15 is 0 Å². The smallest absolute Gasteiger partial charge is 0.328 e. The van der Waals surface area contributed by atoms with E-state index in [1.165, 1.54) is 0 Å². The zero-order valence-corrected chi connectivity index (χ0v) is 11.1. The van der Waals surface area contributed by atoms with Crippen LogP contribution in [0.3, 0.4) is 0 Å². The Morgan fingerprint density at radius 3 is 2.05 bits per heavy atom. The van der Waals surface area contributed by atoms with E-state index in [2.05, 4.69) is 5.32 Å². The number of halogens is 3. The van der Waals surface area contributed by atoms with Gasteiger partial charge in [-0.3, -0.25) is 0 Å². The van der Waals surface area contributed by atoms with Crippen molar-refractivity contribution in [2.75, 3.05) is 13.1 Å². The van der Waals surface area contributed by atoms with Gasteiger partial charge in [-0.1, -0.05) is 0 Å². The second-order valence-electron chi connectivity index (χ2n) is 4.08. The van der Waals surface area contributed by atoms with Crippen molar-refractivity contribution in [3.8, 4) is 5.75 Å². The van der Waals surface area contributed by atoms with Gasteiger partial charge in [0.05, 0.1) is 0 Å². The Bertz CT molecular complexity index is 571. The van der Waals surface area contributed by atoms with Gasteiger partial charge in [0, 0.05) is 25.2 Å². The van der Waals surface area contributed by atoms with E-state index in [0.717, 1.165) is 12.1 Å². The van der Waals surface area contributed by atoms with E-state index in [4.69, 9.17) is 14.9 Å². The molecule has 6 nitrogen and oxygen atoms in total. The number of carboxylic acids is 2. The second kappa shape index (κ2) is 8.03. The van der Waals surface area contributed by atoms with Gasteiger partial charge in [0.1, 0.15) is 6.10 Å². The normalized spacial score (nSPS) is 14.0. The predicted octanol–water partition coefficient (Wildman–Crippen LogP) is 1.17. The molecular weight excluding hydrogens is 307 g/mol. The molecule has 0 atom stereocenters. The van der Waals surface area contributed by atoms with Crippen LogP contribution in [-0.4, -0.2) is 41.3 Å². The number of carboxylic acid groups (broad SMARTS) is 2. The van der Waals surface area contributed by atoms with Crippen LogP contribution in [0.25, 0.3) is 0 Å². The standard InChI is InChI=1S/C9H8F3NO.C4H4O4/c10-6-1-2-7(9(12)8(6)11)14-5-3-13-4-5;5-3(6)1-2-4(7)8/h1-2,5,13H,3-4H2;1-2H,(H,5,6)(H,7,8)/b;2-1+. The summed E-state index contributed by atoms with van der Waals surface area (Å²) in [7, 11) is 0. The van der Waals surface area contributed by atoms with Crippen LogP contribution in [-0.2, 0) is 9.59 Å². The van der Waals surface area contributed by atoms with Gasteiger partial charge < -0.3 is 20.3 Å². The van der Waals surface area contributed by atoms with Gasteiger partial charge in [-0.2, -0.15) is 4.39 Å². The summed E-state index contributed by atoms with van der Waals surface area (Å²) in [5.74, 6) is -6.72. The minimum absolute atomic E-state index is 0.158. The molecule has 0 aromatic heterocycles. The van der Waals surface area contributed by atoms with Crippen molar-refractivity contribution in [2.24, 2.45) is 0 Å². The first kappa shape index (κ1) is 17.5. The van der Waals surface area contributed by atoms with Crippen molar-refractivity contribution in [3.63, 3.8) is 0 Å². The van der Waals surface area contributed by atoms with Crippen LogP contribution in [0.5, 0.6) is 5.75 Å². The lowest BCUT2D eigenvalue weighted by atomic mass is 10.2. The van der Waals surface area contributed by atoms with Crippen LogP contribution >= 0.6 is 0 Å². The fourth-order valence-corrected chi connectivity index (χ4v) is 1.27. The average molecular weight is 319 g/mol. The Labute approximate surface area is 122 Å². The molecule has 22 heavy (non-hydrogen) atoms. The molecule has 120 valence electrons. The van der Waals surface area contributed by atoms with Crippen molar-refractivity contribution >= 4 is 11.9 Å². The van der Waals surface area contributed by atoms with Gasteiger partial charge in [0.2, 0.25) is 5.82 Å². The van der Waals surface area contributed by atoms with Gasteiger partial charge in [0.15, 0.2) is 17.4 Å². The molecule has 1 fully saturated rings. The van der Waals surface area contributed by atoms with Crippen LogP contribution in [0.2, 0.25) is 0 Å². The third-order valence-electron chi connectivity index (χ3n) is 2.41. The first-order chi connectivity index (χ1) is 10.3. The Hall–Kier alpha value is -2.55. The molecule has 2 rings (SSSR count). The van der Waals surface area contributed by atoms with Gasteiger partial charge in [-0.15, -0.1) is 0 Å². The Balaban J connectivity index is 0.000000261. The van der Waals surface area contributed by atoms with Crippen LogP contribution < -0.4 is 10.1 Å². The van der Waals surface area contributed by atoms with Gasteiger partial charge in [0.25, 0.3) is 0 Å². The lowest BCUT2D eigenvalue weighted by Crippen LogP contribution is -2.50. The number of aliphatic carboxylic acids is 2. The first-order valence-electron chi connectivity index (χ1n) is 5.96. The maximum atomic E-state index is 13.0. The molecule has 0 radical (unpaired) electrons. The molecule has 0 bridgehead atoms. The molecule has 0 aliphatic carbocycles. The molecule has 0 spiro atoms. The molecule has 0 unspecified atom stereocenters. The summed E-state index contributed by atoms with van der Waals surface area (Å²) in [6.07, 6.45) is 0.958. The molecule has 1 aliphatic heterocycles. The molecule has 0 amide bonds. The number of nitrogens with one attached hydrogen (secondary N) is 1. The zero-order valence-electron chi connectivity index (χ0n) is 11.1. The first-order valence-corrected chi connectivity index (χ1v) is 5.96. The number of hydrogen-bond acceptors (Lipinski definition) is 4. The topological polar surface area (TPSA) is 95.9 Å². The summed E-state index contributed by atoms with van der Waals surface area (Å²) in [5, 5.41) is 18.5. The molecule has 0 saturated carbocycles. The molecular formula is C13H12F3NO5. The lowest BCUT2D eigenvalue weighted by molar-refractivity contribution is -0.134. The van der Waals surface area contributed by atoms with Crippen LogP contribution in [0, 0.1) is 17.5 Å². The minimum Gasteiger partial charge on any atom is -0.485 e. The highest BCUT2D eigenvalue weighted by atomic mass is 19.2. The third kappa shape index (κ3) is 5.44. The average Bonchev–Trinajstić information content (AvgIpc) is 2.40. The maximum absolute atomic E-state index is 13.0. The molecule has 1 heterocycles. The van der Waals surface area contributed by atoms with Crippen molar-refractivity contribution < 1.29 is 37.7 Å². The lowest BCUT2D eigenvalue weighted by Gasteiger charge is -2.27. The van der Waals surface area contributed by atoms with E-state index in [1.807, 2.05) is 0 Å². The summed E-state index contributed by atoms with van der Waals surface area (Å²) in [4.78, 5) is 19.1. The number of hydrogen-bond donors (Lipinski definition) is 3. The van der Waals surface area contributed by atoms with Gasteiger partial charge in [-0.05, 0) is 12.1 Å². The summed E-state index contributed by atoms with van der Waals surface area (Å²) < 4.78 is 43.3. The monoisotopic (exact) mass is 319 g/mol. The maximum Gasteiger partial charge on any atom is 0.328 e. The summed E-state index contributed by atoms with van der Waals surface area (Å²) in [6.45, 7) is 1.19. The van der Waals surface area contributed by atoms with E-state index in [0.29, 0.717) is 25.2 Å². The van der Waals surface area contributed by atoms with Crippen molar-refractivity contribution in [3.05, 3.63) is 41.7 Å². The van der Waals surface area contributed by atoms with E-state index in [9.17, 15) is 22.8 Å². The molecule has 1 saturated heterocycles. The second-order valence-corrected chi connectivity index (χ2v) is 4.08. The van der Waals surface area contributed by atoms with Crippen LogP contribution in [0.4, 0.5) is 13.2 Å². The highest BCUT2D eigenvalue weighted by Gasteiger charge is 2.22. The summed E-state index contributed by atoms with van der Waals surface area (Å²) in [5.41, 5.74) is 0. The zero-order chi connectivity index (χ0) is 16.7. The third-order valence-corrected chi connectivity index (χ3v) is 2.41. The molecule has 1 aromatic rings. The SMILES string of the molecule is Fc1ccc(OC2CNC2)c(F)c1F.O=C(O)/C=C/C(=O)O. The highest BCUT2D eigenvalue weighted by molar-refractivity contribution is 5.89. The van der Waals surface area contributed by atoms with Crippen molar-refractivity contribution in [1.29, 1.82) is 0 Å². The minimum atomic E-state index is -1.49. The largest absolute Gasteiger partial charge is 0.485 e.